The second-order valence-electron chi connectivity index (χ2n) is 6.08. The lowest BCUT2D eigenvalue weighted by Crippen LogP contribution is -2.17. The number of hydrogen-bond acceptors (Lipinski definition) is 6. The standard InChI is InChI=1S/C19H12N6O3/c1-11-14(10-20)19(26)21-17(12-6-8-13(9-7-12)25(27)28)18(11)24-16-5-3-2-4-15(16)22-23-24/h2-9H,1H3,(H,21,26). The molecule has 9 nitrogen and oxygen atoms in total. The Balaban J connectivity index is 2.05. The number of nitriles is 1. The molecule has 0 spiro atoms. The quantitative estimate of drug-likeness (QED) is 0.434. The van der Waals surface area contributed by atoms with E-state index in [4.69, 9.17) is 0 Å². The molecular weight excluding hydrogens is 360 g/mol. The van der Waals surface area contributed by atoms with E-state index in [1.54, 1.807) is 17.7 Å². The molecule has 0 fully saturated rings. The number of pyridine rings is 1. The van der Waals surface area contributed by atoms with Gasteiger partial charge in [0.1, 0.15) is 17.1 Å². The van der Waals surface area contributed by atoms with Gasteiger partial charge < -0.3 is 4.98 Å². The van der Waals surface area contributed by atoms with Crippen molar-refractivity contribution in [2.45, 2.75) is 6.92 Å². The Labute approximate surface area is 157 Å². The van der Waals surface area contributed by atoms with Gasteiger partial charge in [-0.25, -0.2) is 4.68 Å². The summed E-state index contributed by atoms with van der Waals surface area (Å²) in [6.07, 6.45) is 0. The first kappa shape index (κ1) is 17.1. The average molecular weight is 372 g/mol. The van der Waals surface area contributed by atoms with E-state index in [1.165, 1.54) is 24.3 Å². The number of aromatic amines is 1. The summed E-state index contributed by atoms with van der Waals surface area (Å²) in [6, 6.07) is 15.0. The van der Waals surface area contributed by atoms with Gasteiger partial charge in [0, 0.05) is 23.3 Å². The molecule has 0 bridgehead atoms. The molecule has 0 saturated carbocycles. The van der Waals surface area contributed by atoms with E-state index >= 15 is 0 Å². The summed E-state index contributed by atoms with van der Waals surface area (Å²) in [4.78, 5) is 25.5. The van der Waals surface area contributed by atoms with Crippen LogP contribution in [0.2, 0.25) is 0 Å². The second kappa shape index (κ2) is 6.44. The van der Waals surface area contributed by atoms with Crippen LogP contribution in [0.3, 0.4) is 0 Å². The molecule has 2 aromatic carbocycles. The molecule has 2 aromatic heterocycles. The number of nitrogens with one attached hydrogen (secondary N) is 1. The van der Waals surface area contributed by atoms with Gasteiger partial charge in [-0.15, -0.1) is 5.10 Å². The van der Waals surface area contributed by atoms with Crippen LogP contribution in [-0.4, -0.2) is 24.9 Å². The first-order chi connectivity index (χ1) is 13.5. The number of rotatable bonds is 3. The fraction of sp³-hybridized carbons (Fsp3) is 0.0526. The summed E-state index contributed by atoms with van der Waals surface area (Å²) in [5, 5.41) is 28.7. The number of nitro benzene ring substituents is 1. The Morgan fingerprint density at radius 3 is 2.57 bits per heavy atom. The van der Waals surface area contributed by atoms with E-state index in [2.05, 4.69) is 15.3 Å². The van der Waals surface area contributed by atoms with Gasteiger partial charge in [-0.2, -0.15) is 5.26 Å². The number of fused-ring (bicyclic) bond motifs is 1. The Hall–Kier alpha value is -4.32. The van der Waals surface area contributed by atoms with Crippen molar-refractivity contribution in [1.82, 2.24) is 20.0 Å². The van der Waals surface area contributed by atoms with Crippen LogP contribution in [0.5, 0.6) is 0 Å². The normalized spacial score (nSPS) is 10.7. The average Bonchev–Trinajstić information content (AvgIpc) is 3.12. The molecule has 9 heteroatoms. The number of hydrogen-bond donors (Lipinski definition) is 1. The van der Waals surface area contributed by atoms with Gasteiger partial charge in [0.15, 0.2) is 0 Å². The predicted molar refractivity (Wildman–Crippen MR) is 101 cm³/mol. The van der Waals surface area contributed by atoms with Gasteiger partial charge in [0.2, 0.25) is 0 Å². The van der Waals surface area contributed by atoms with E-state index in [0.717, 1.165) is 0 Å². The Morgan fingerprint density at radius 2 is 1.89 bits per heavy atom. The van der Waals surface area contributed by atoms with Crippen molar-refractivity contribution in [3.05, 3.63) is 80.1 Å². The number of nitro groups is 1. The molecule has 2 heterocycles. The first-order valence-corrected chi connectivity index (χ1v) is 8.24. The van der Waals surface area contributed by atoms with Crippen LogP contribution < -0.4 is 5.56 Å². The molecule has 0 aliphatic carbocycles. The number of aromatic nitrogens is 4. The molecule has 0 radical (unpaired) electrons. The lowest BCUT2D eigenvalue weighted by atomic mass is 10.0. The second-order valence-corrected chi connectivity index (χ2v) is 6.08. The molecule has 0 aliphatic heterocycles. The van der Waals surface area contributed by atoms with Crippen LogP contribution in [0, 0.1) is 28.4 Å². The van der Waals surface area contributed by atoms with Crippen LogP contribution in [0.25, 0.3) is 28.0 Å². The molecule has 4 aromatic rings. The van der Waals surface area contributed by atoms with Crippen molar-refractivity contribution in [3.63, 3.8) is 0 Å². The highest BCUT2D eigenvalue weighted by atomic mass is 16.6. The SMILES string of the molecule is Cc1c(-n2nnc3ccccc32)c(-c2ccc([N+](=O)[O-])cc2)[nH]c(=O)c1C#N. The minimum atomic E-state index is -0.540. The zero-order chi connectivity index (χ0) is 19.8. The molecule has 1 N–H and O–H groups in total. The van der Waals surface area contributed by atoms with Crippen molar-refractivity contribution >= 4 is 16.7 Å². The molecule has 0 aliphatic rings. The van der Waals surface area contributed by atoms with Crippen LogP contribution in [0.1, 0.15) is 11.1 Å². The third kappa shape index (κ3) is 2.60. The molecule has 136 valence electrons. The minimum Gasteiger partial charge on any atom is -0.319 e. The smallest absolute Gasteiger partial charge is 0.269 e. The van der Waals surface area contributed by atoms with Crippen LogP contribution in [0.4, 0.5) is 5.69 Å². The molecule has 0 unspecified atom stereocenters. The van der Waals surface area contributed by atoms with Crippen molar-refractivity contribution in [2.75, 3.05) is 0 Å². The highest BCUT2D eigenvalue weighted by Crippen LogP contribution is 2.30. The van der Waals surface area contributed by atoms with Gasteiger partial charge in [-0.3, -0.25) is 14.9 Å². The summed E-state index contributed by atoms with van der Waals surface area (Å²) < 4.78 is 1.55. The number of para-hydroxylation sites is 1. The highest BCUT2D eigenvalue weighted by molar-refractivity contribution is 5.81. The summed E-state index contributed by atoms with van der Waals surface area (Å²) in [6.45, 7) is 1.66. The van der Waals surface area contributed by atoms with Gasteiger partial charge in [-0.05, 0) is 31.2 Å². The fourth-order valence-corrected chi connectivity index (χ4v) is 3.10. The van der Waals surface area contributed by atoms with Crippen molar-refractivity contribution in [3.8, 4) is 23.0 Å². The predicted octanol–water partition coefficient (Wildman–Crippen LogP) is 2.86. The highest BCUT2D eigenvalue weighted by Gasteiger charge is 2.20. The van der Waals surface area contributed by atoms with Gasteiger partial charge >= 0.3 is 0 Å². The zero-order valence-corrected chi connectivity index (χ0v) is 14.6. The molecule has 28 heavy (non-hydrogen) atoms. The van der Waals surface area contributed by atoms with Crippen LogP contribution in [0.15, 0.2) is 53.3 Å². The third-order valence-corrected chi connectivity index (χ3v) is 4.47. The van der Waals surface area contributed by atoms with Gasteiger partial charge in [-0.1, -0.05) is 17.3 Å². The zero-order valence-electron chi connectivity index (χ0n) is 14.6. The lowest BCUT2D eigenvalue weighted by molar-refractivity contribution is -0.384. The summed E-state index contributed by atoms with van der Waals surface area (Å²) in [5.74, 6) is 0. The molecule has 0 amide bonds. The maximum Gasteiger partial charge on any atom is 0.269 e. The Bertz CT molecular complexity index is 1330. The Morgan fingerprint density at radius 1 is 1.18 bits per heavy atom. The molecule has 0 atom stereocenters. The van der Waals surface area contributed by atoms with E-state index in [1.807, 2.05) is 24.3 Å². The van der Waals surface area contributed by atoms with Crippen molar-refractivity contribution < 1.29 is 4.92 Å². The number of benzene rings is 2. The third-order valence-electron chi connectivity index (χ3n) is 4.47. The monoisotopic (exact) mass is 372 g/mol. The molecule has 4 rings (SSSR count). The van der Waals surface area contributed by atoms with Crippen molar-refractivity contribution in [2.24, 2.45) is 0 Å². The topological polar surface area (TPSA) is 130 Å². The maximum atomic E-state index is 12.4. The molecular formula is C19H12N6O3. The molecule has 0 saturated heterocycles. The first-order valence-electron chi connectivity index (χ1n) is 8.24. The van der Waals surface area contributed by atoms with E-state index in [-0.39, 0.29) is 11.3 Å². The summed E-state index contributed by atoms with van der Waals surface area (Å²) >= 11 is 0. The Kier molecular flexibility index (Phi) is 3.94. The number of non-ortho nitro benzene ring substituents is 1. The fourth-order valence-electron chi connectivity index (χ4n) is 3.10. The lowest BCUT2D eigenvalue weighted by Gasteiger charge is -2.14. The van der Waals surface area contributed by atoms with Gasteiger partial charge in [0.05, 0.1) is 21.8 Å². The summed E-state index contributed by atoms with van der Waals surface area (Å²) in [5.41, 5.74) is 2.59. The van der Waals surface area contributed by atoms with Crippen LogP contribution >= 0.6 is 0 Å². The van der Waals surface area contributed by atoms with Crippen LogP contribution in [-0.2, 0) is 0 Å². The largest absolute Gasteiger partial charge is 0.319 e. The maximum absolute atomic E-state index is 12.4. The van der Waals surface area contributed by atoms with E-state index in [0.29, 0.717) is 33.5 Å². The number of nitrogens with zero attached hydrogens (tertiary/aromatic N) is 5. The van der Waals surface area contributed by atoms with Gasteiger partial charge in [0.25, 0.3) is 11.2 Å². The minimum absolute atomic E-state index is 0.0276. The number of H-pyrrole nitrogens is 1. The van der Waals surface area contributed by atoms with Crippen molar-refractivity contribution in [1.29, 1.82) is 5.26 Å². The van der Waals surface area contributed by atoms with E-state index in [9.17, 15) is 20.2 Å². The van der Waals surface area contributed by atoms with E-state index < -0.39 is 10.5 Å². The summed E-state index contributed by atoms with van der Waals surface area (Å²) in [7, 11) is 0.